The van der Waals surface area contributed by atoms with Crippen molar-refractivity contribution in [2.24, 2.45) is 0 Å². The molecule has 8 heteroatoms. The highest BCUT2D eigenvalue weighted by atomic mass is 32.2. The molecule has 1 aliphatic heterocycles. The lowest BCUT2D eigenvalue weighted by molar-refractivity contribution is 0.196. The molecule has 0 radical (unpaired) electrons. The molecule has 1 saturated heterocycles. The molecule has 1 aromatic heterocycles. The second kappa shape index (κ2) is 7.38. The Balaban J connectivity index is 2.00. The van der Waals surface area contributed by atoms with Crippen LogP contribution in [0.2, 0.25) is 0 Å². The number of sulfonamides is 1. The van der Waals surface area contributed by atoms with Gasteiger partial charge in [-0.2, -0.15) is 4.31 Å². The van der Waals surface area contributed by atoms with Gasteiger partial charge in [-0.15, -0.1) is 0 Å². The summed E-state index contributed by atoms with van der Waals surface area (Å²) in [5.74, 6) is 0.915. The van der Waals surface area contributed by atoms with Gasteiger partial charge in [0, 0.05) is 37.3 Å². The number of aromatic nitrogens is 1. The Morgan fingerprint density at radius 3 is 2.42 bits per heavy atom. The standard InChI is InChI=1S/C18H25N3O4S/c1-5-20-8-10-21(11-9-20)26(22,23)17-12-15(6-7-16(17)24-4)18-13(2)14(3)19-25-18/h6-7,12H,5,8-11H2,1-4H3. The first-order valence-electron chi connectivity index (χ1n) is 8.72. The van der Waals surface area contributed by atoms with E-state index in [-0.39, 0.29) is 4.90 Å². The Kier molecular flexibility index (Phi) is 5.36. The fraction of sp³-hybridized carbons (Fsp3) is 0.500. The normalized spacial score (nSPS) is 16.8. The second-order valence-corrected chi connectivity index (χ2v) is 8.33. The van der Waals surface area contributed by atoms with E-state index in [1.165, 1.54) is 11.4 Å². The predicted molar refractivity (Wildman–Crippen MR) is 98.8 cm³/mol. The molecule has 0 N–H and O–H groups in total. The summed E-state index contributed by atoms with van der Waals surface area (Å²) in [7, 11) is -2.17. The summed E-state index contributed by atoms with van der Waals surface area (Å²) in [6, 6.07) is 5.08. The molecule has 26 heavy (non-hydrogen) atoms. The minimum atomic E-state index is -3.65. The molecule has 1 aromatic carbocycles. The summed E-state index contributed by atoms with van der Waals surface area (Å²) >= 11 is 0. The van der Waals surface area contributed by atoms with Crippen LogP contribution < -0.4 is 4.74 Å². The Hall–Kier alpha value is -1.90. The third kappa shape index (κ3) is 3.36. The molecule has 142 valence electrons. The number of rotatable bonds is 5. The average Bonchev–Trinajstić information content (AvgIpc) is 3.00. The molecule has 0 aliphatic carbocycles. The molecule has 1 aliphatic rings. The van der Waals surface area contributed by atoms with Gasteiger partial charge in [-0.3, -0.25) is 0 Å². The Labute approximate surface area is 154 Å². The Morgan fingerprint density at radius 1 is 1.19 bits per heavy atom. The van der Waals surface area contributed by atoms with Crippen molar-refractivity contribution in [1.82, 2.24) is 14.4 Å². The monoisotopic (exact) mass is 379 g/mol. The number of likely N-dealkylation sites (N-methyl/N-ethyl adjacent to an activating group) is 1. The van der Waals surface area contributed by atoms with Crippen LogP contribution in [0, 0.1) is 13.8 Å². The van der Waals surface area contributed by atoms with Crippen molar-refractivity contribution in [2.45, 2.75) is 25.7 Å². The first-order valence-corrected chi connectivity index (χ1v) is 10.2. The van der Waals surface area contributed by atoms with Gasteiger partial charge < -0.3 is 14.2 Å². The van der Waals surface area contributed by atoms with Crippen LogP contribution in [0.4, 0.5) is 0 Å². The van der Waals surface area contributed by atoms with Crippen molar-refractivity contribution in [3.05, 3.63) is 29.5 Å². The Morgan fingerprint density at radius 2 is 1.88 bits per heavy atom. The van der Waals surface area contributed by atoms with E-state index in [0.717, 1.165) is 30.9 Å². The maximum Gasteiger partial charge on any atom is 0.246 e. The fourth-order valence-corrected chi connectivity index (χ4v) is 4.73. The number of ether oxygens (including phenoxy) is 1. The number of hydrogen-bond donors (Lipinski definition) is 0. The van der Waals surface area contributed by atoms with Gasteiger partial charge in [-0.1, -0.05) is 12.1 Å². The van der Waals surface area contributed by atoms with Gasteiger partial charge in [-0.25, -0.2) is 8.42 Å². The molecule has 0 unspecified atom stereocenters. The summed E-state index contributed by atoms with van der Waals surface area (Å²) in [5.41, 5.74) is 2.36. The van der Waals surface area contributed by atoms with Gasteiger partial charge in [-0.05, 0) is 38.6 Å². The van der Waals surface area contributed by atoms with Crippen LogP contribution in [0.3, 0.4) is 0 Å². The molecule has 0 saturated carbocycles. The molecule has 3 rings (SSSR count). The zero-order chi connectivity index (χ0) is 18.9. The topological polar surface area (TPSA) is 75.9 Å². The van der Waals surface area contributed by atoms with Crippen molar-refractivity contribution in [1.29, 1.82) is 0 Å². The smallest absolute Gasteiger partial charge is 0.246 e. The number of hydrogen-bond acceptors (Lipinski definition) is 6. The largest absolute Gasteiger partial charge is 0.495 e. The van der Waals surface area contributed by atoms with E-state index in [0.29, 0.717) is 30.2 Å². The zero-order valence-corrected chi connectivity index (χ0v) is 16.5. The summed E-state index contributed by atoms with van der Waals surface area (Å²) in [6.07, 6.45) is 0. The lowest BCUT2D eigenvalue weighted by atomic mass is 10.1. The summed E-state index contributed by atoms with van der Waals surface area (Å²) in [5, 5.41) is 3.96. The van der Waals surface area contributed by atoms with Crippen LogP contribution in [0.15, 0.2) is 27.6 Å². The number of benzene rings is 1. The fourth-order valence-electron chi connectivity index (χ4n) is 3.13. The zero-order valence-electron chi connectivity index (χ0n) is 15.7. The number of methoxy groups -OCH3 is 1. The summed E-state index contributed by atoms with van der Waals surface area (Å²) in [4.78, 5) is 2.40. The van der Waals surface area contributed by atoms with E-state index in [1.54, 1.807) is 18.2 Å². The van der Waals surface area contributed by atoms with Crippen LogP contribution in [-0.2, 0) is 10.0 Å². The first-order chi connectivity index (χ1) is 12.4. The van der Waals surface area contributed by atoms with Crippen molar-refractivity contribution in [3.8, 4) is 17.1 Å². The minimum Gasteiger partial charge on any atom is -0.495 e. The minimum absolute atomic E-state index is 0.163. The van der Waals surface area contributed by atoms with Crippen LogP contribution in [0.5, 0.6) is 5.75 Å². The summed E-state index contributed by atoms with van der Waals surface area (Å²) < 4.78 is 38.7. The van der Waals surface area contributed by atoms with E-state index in [9.17, 15) is 8.42 Å². The molecule has 2 aromatic rings. The SMILES string of the molecule is CCN1CCN(S(=O)(=O)c2cc(-c3onc(C)c3C)ccc2OC)CC1. The first kappa shape index (κ1) is 18.9. The maximum absolute atomic E-state index is 13.2. The third-order valence-corrected chi connectivity index (χ3v) is 6.90. The highest BCUT2D eigenvalue weighted by molar-refractivity contribution is 7.89. The molecule has 0 amide bonds. The van der Waals surface area contributed by atoms with Gasteiger partial charge >= 0.3 is 0 Å². The van der Waals surface area contributed by atoms with E-state index in [2.05, 4.69) is 17.0 Å². The number of nitrogens with zero attached hydrogens (tertiary/aromatic N) is 3. The quantitative estimate of drug-likeness (QED) is 0.793. The van der Waals surface area contributed by atoms with Gasteiger partial charge in [0.25, 0.3) is 0 Å². The molecule has 0 spiro atoms. The molecule has 7 nitrogen and oxygen atoms in total. The highest BCUT2D eigenvalue weighted by Crippen LogP contribution is 2.34. The third-order valence-electron chi connectivity index (χ3n) is 4.98. The molecule has 1 fully saturated rings. The Bertz CT molecular complexity index is 884. The van der Waals surface area contributed by atoms with Gasteiger partial charge in [0.1, 0.15) is 10.6 Å². The van der Waals surface area contributed by atoms with Crippen molar-refractivity contribution in [2.75, 3.05) is 39.8 Å². The molecule has 0 bridgehead atoms. The highest BCUT2D eigenvalue weighted by Gasteiger charge is 2.31. The molecular weight excluding hydrogens is 354 g/mol. The van der Waals surface area contributed by atoms with Gasteiger partial charge in [0.05, 0.1) is 12.8 Å². The van der Waals surface area contributed by atoms with Crippen molar-refractivity contribution < 1.29 is 17.7 Å². The molecule has 0 atom stereocenters. The van der Waals surface area contributed by atoms with Gasteiger partial charge in [0.2, 0.25) is 10.0 Å². The molecular formula is C18H25N3O4S. The van der Waals surface area contributed by atoms with E-state index < -0.39 is 10.0 Å². The van der Waals surface area contributed by atoms with Crippen LogP contribution in [0.25, 0.3) is 11.3 Å². The number of aryl methyl sites for hydroxylation is 1. The number of piperazine rings is 1. The van der Waals surface area contributed by atoms with E-state index in [1.807, 2.05) is 13.8 Å². The lowest BCUT2D eigenvalue weighted by Crippen LogP contribution is -2.48. The van der Waals surface area contributed by atoms with Crippen molar-refractivity contribution >= 4 is 10.0 Å². The molecule has 2 heterocycles. The second-order valence-electron chi connectivity index (χ2n) is 6.43. The lowest BCUT2D eigenvalue weighted by Gasteiger charge is -2.33. The van der Waals surface area contributed by atoms with E-state index in [4.69, 9.17) is 9.26 Å². The van der Waals surface area contributed by atoms with Crippen LogP contribution >= 0.6 is 0 Å². The van der Waals surface area contributed by atoms with E-state index >= 15 is 0 Å². The maximum atomic E-state index is 13.2. The van der Waals surface area contributed by atoms with Crippen LogP contribution in [0.1, 0.15) is 18.2 Å². The predicted octanol–water partition coefficient (Wildman–Crippen LogP) is 2.29. The van der Waals surface area contributed by atoms with Crippen LogP contribution in [-0.4, -0.2) is 62.6 Å². The van der Waals surface area contributed by atoms with Crippen molar-refractivity contribution in [3.63, 3.8) is 0 Å². The summed E-state index contributed by atoms with van der Waals surface area (Å²) in [6.45, 7) is 9.19. The van der Waals surface area contributed by atoms with Gasteiger partial charge in [0.15, 0.2) is 5.76 Å². The average molecular weight is 379 g/mol.